The van der Waals surface area contributed by atoms with E-state index in [1.807, 2.05) is 32.0 Å². The SMILES string of the molecule is CN=C(NCCCCOCc1ccccc1)NCc1sc(C)nc1C.I. The van der Waals surface area contributed by atoms with Crippen LogP contribution in [0.25, 0.3) is 0 Å². The summed E-state index contributed by atoms with van der Waals surface area (Å²) in [5.41, 5.74) is 2.32. The molecule has 1 aromatic heterocycles. The summed E-state index contributed by atoms with van der Waals surface area (Å²) in [6.45, 7) is 7.19. The molecule has 0 bridgehead atoms. The van der Waals surface area contributed by atoms with Gasteiger partial charge in [-0.05, 0) is 32.3 Å². The molecule has 0 atom stereocenters. The van der Waals surface area contributed by atoms with E-state index in [1.165, 1.54) is 10.4 Å². The minimum absolute atomic E-state index is 0. The first-order valence-electron chi connectivity index (χ1n) is 8.68. The van der Waals surface area contributed by atoms with Crippen molar-refractivity contribution in [1.29, 1.82) is 0 Å². The number of aliphatic imine (C=N–C) groups is 1. The summed E-state index contributed by atoms with van der Waals surface area (Å²) in [7, 11) is 1.79. The lowest BCUT2D eigenvalue weighted by Crippen LogP contribution is -2.37. The van der Waals surface area contributed by atoms with Crippen molar-refractivity contribution in [3.8, 4) is 0 Å². The smallest absolute Gasteiger partial charge is 0.191 e. The first-order valence-corrected chi connectivity index (χ1v) is 9.50. The van der Waals surface area contributed by atoms with E-state index >= 15 is 0 Å². The van der Waals surface area contributed by atoms with Gasteiger partial charge in [-0.2, -0.15) is 0 Å². The lowest BCUT2D eigenvalue weighted by Gasteiger charge is -2.11. The number of aromatic nitrogens is 1. The highest BCUT2D eigenvalue weighted by molar-refractivity contribution is 14.0. The third-order valence-corrected chi connectivity index (χ3v) is 4.83. The van der Waals surface area contributed by atoms with Gasteiger partial charge < -0.3 is 15.4 Å². The van der Waals surface area contributed by atoms with Gasteiger partial charge in [-0.3, -0.25) is 4.99 Å². The van der Waals surface area contributed by atoms with Crippen LogP contribution in [0.15, 0.2) is 35.3 Å². The van der Waals surface area contributed by atoms with Gasteiger partial charge in [0.1, 0.15) is 0 Å². The number of thiazole rings is 1. The van der Waals surface area contributed by atoms with Crippen LogP contribution in [0.1, 0.15) is 34.0 Å². The average Bonchev–Trinajstić information content (AvgIpc) is 2.95. The Morgan fingerprint density at radius 3 is 2.58 bits per heavy atom. The summed E-state index contributed by atoms with van der Waals surface area (Å²) in [5, 5.41) is 7.79. The fourth-order valence-electron chi connectivity index (χ4n) is 2.42. The summed E-state index contributed by atoms with van der Waals surface area (Å²) in [5.74, 6) is 0.829. The van der Waals surface area contributed by atoms with Crippen LogP contribution in [0.5, 0.6) is 0 Å². The van der Waals surface area contributed by atoms with E-state index in [1.54, 1.807) is 18.4 Å². The number of nitrogens with one attached hydrogen (secondary N) is 2. The summed E-state index contributed by atoms with van der Waals surface area (Å²) >= 11 is 1.73. The van der Waals surface area contributed by atoms with Crippen LogP contribution in [0, 0.1) is 13.8 Å². The molecule has 5 nitrogen and oxygen atoms in total. The fraction of sp³-hybridized carbons (Fsp3) is 0.474. The van der Waals surface area contributed by atoms with Crippen LogP contribution in [0.4, 0.5) is 0 Å². The minimum Gasteiger partial charge on any atom is -0.377 e. The monoisotopic (exact) mass is 488 g/mol. The normalized spacial score (nSPS) is 11.1. The fourth-order valence-corrected chi connectivity index (χ4v) is 3.30. The van der Waals surface area contributed by atoms with Crippen LogP contribution in [0.3, 0.4) is 0 Å². The second kappa shape index (κ2) is 13.1. The van der Waals surface area contributed by atoms with E-state index in [2.05, 4.69) is 32.7 Å². The average molecular weight is 488 g/mol. The third-order valence-electron chi connectivity index (χ3n) is 3.76. The molecule has 2 N–H and O–H groups in total. The second-order valence-corrected chi connectivity index (χ2v) is 7.13. The Hall–Kier alpha value is -1.19. The number of nitrogens with zero attached hydrogens (tertiary/aromatic N) is 2. The number of aryl methyl sites for hydroxylation is 2. The molecule has 2 rings (SSSR count). The number of unbranched alkanes of at least 4 members (excludes halogenated alkanes) is 1. The Balaban J connectivity index is 0.00000338. The van der Waals surface area contributed by atoms with E-state index in [0.717, 1.165) is 49.2 Å². The van der Waals surface area contributed by atoms with Gasteiger partial charge in [-0.1, -0.05) is 30.3 Å². The Morgan fingerprint density at radius 1 is 1.15 bits per heavy atom. The molecule has 7 heteroatoms. The van der Waals surface area contributed by atoms with Gasteiger partial charge in [0.25, 0.3) is 0 Å². The highest BCUT2D eigenvalue weighted by Crippen LogP contribution is 2.16. The van der Waals surface area contributed by atoms with Crippen molar-refractivity contribution in [3.63, 3.8) is 0 Å². The molecule has 1 heterocycles. The maximum absolute atomic E-state index is 5.69. The van der Waals surface area contributed by atoms with E-state index in [4.69, 9.17) is 4.74 Å². The van der Waals surface area contributed by atoms with Crippen LogP contribution in [-0.2, 0) is 17.9 Å². The number of rotatable bonds is 9. The minimum atomic E-state index is 0. The Kier molecular flexibility index (Phi) is 11.5. The first kappa shape index (κ1) is 22.9. The van der Waals surface area contributed by atoms with Crippen LogP contribution < -0.4 is 10.6 Å². The molecular weight excluding hydrogens is 459 g/mol. The van der Waals surface area contributed by atoms with Crippen molar-refractivity contribution in [1.82, 2.24) is 15.6 Å². The van der Waals surface area contributed by atoms with Gasteiger partial charge in [-0.25, -0.2) is 4.98 Å². The molecule has 0 spiro atoms. The van der Waals surface area contributed by atoms with Gasteiger partial charge in [0.15, 0.2) is 5.96 Å². The van der Waals surface area contributed by atoms with E-state index in [0.29, 0.717) is 6.61 Å². The molecule has 0 unspecified atom stereocenters. The van der Waals surface area contributed by atoms with E-state index in [-0.39, 0.29) is 24.0 Å². The van der Waals surface area contributed by atoms with Gasteiger partial charge in [0, 0.05) is 25.1 Å². The Labute approximate surface area is 177 Å². The maximum atomic E-state index is 5.69. The van der Waals surface area contributed by atoms with Crippen molar-refractivity contribution in [2.75, 3.05) is 20.2 Å². The molecule has 0 aliphatic heterocycles. The number of hydrogen-bond donors (Lipinski definition) is 2. The highest BCUT2D eigenvalue weighted by atomic mass is 127. The van der Waals surface area contributed by atoms with E-state index in [9.17, 15) is 0 Å². The second-order valence-electron chi connectivity index (χ2n) is 5.84. The van der Waals surface area contributed by atoms with Crippen LogP contribution in [0.2, 0.25) is 0 Å². The van der Waals surface area contributed by atoms with Gasteiger partial charge in [-0.15, -0.1) is 35.3 Å². The Bertz CT molecular complexity index is 661. The molecule has 1 aromatic carbocycles. The van der Waals surface area contributed by atoms with Crippen molar-refractivity contribution in [3.05, 3.63) is 51.5 Å². The molecule has 0 fully saturated rings. The zero-order valence-electron chi connectivity index (χ0n) is 15.7. The zero-order chi connectivity index (χ0) is 17.9. The maximum Gasteiger partial charge on any atom is 0.191 e. The predicted octanol–water partition coefficient (Wildman–Crippen LogP) is 4.04. The van der Waals surface area contributed by atoms with Gasteiger partial charge in [0.2, 0.25) is 0 Å². The highest BCUT2D eigenvalue weighted by Gasteiger charge is 2.05. The lowest BCUT2D eigenvalue weighted by molar-refractivity contribution is 0.117. The molecule has 0 radical (unpaired) electrons. The third kappa shape index (κ3) is 8.46. The first-order chi connectivity index (χ1) is 12.2. The molecule has 0 aliphatic rings. The summed E-state index contributed by atoms with van der Waals surface area (Å²) in [4.78, 5) is 9.96. The molecule has 144 valence electrons. The predicted molar refractivity (Wildman–Crippen MR) is 121 cm³/mol. The summed E-state index contributed by atoms with van der Waals surface area (Å²) < 4.78 is 5.69. The zero-order valence-corrected chi connectivity index (χ0v) is 18.9. The summed E-state index contributed by atoms with van der Waals surface area (Å²) in [6.07, 6.45) is 2.08. The lowest BCUT2D eigenvalue weighted by atomic mass is 10.2. The van der Waals surface area contributed by atoms with Gasteiger partial charge >= 0.3 is 0 Å². The number of hydrogen-bond acceptors (Lipinski definition) is 4. The molecular formula is C19H29IN4OS. The van der Waals surface area contributed by atoms with Crippen molar-refractivity contribution < 1.29 is 4.74 Å². The molecule has 2 aromatic rings. The number of guanidine groups is 1. The van der Waals surface area contributed by atoms with Crippen molar-refractivity contribution in [2.45, 2.75) is 39.8 Å². The topological polar surface area (TPSA) is 58.5 Å². The standard InChI is InChI=1S/C19H28N4OS.HI/c1-15-18(25-16(2)23-15)13-22-19(20-3)21-11-7-8-12-24-14-17-9-5-4-6-10-17;/h4-6,9-10H,7-8,11-14H2,1-3H3,(H2,20,21,22);1H. The number of benzene rings is 1. The molecule has 26 heavy (non-hydrogen) atoms. The molecule has 0 aliphatic carbocycles. The Morgan fingerprint density at radius 2 is 1.92 bits per heavy atom. The van der Waals surface area contributed by atoms with Crippen LogP contribution >= 0.6 is 35.3 Å². The molecule has 0 amide bonds. The van der Waals surface area contributed by atoms with E-state index < -0.39 is 0 Å². The quantitative estimate of drug-likeness (QED) is 0.242. The van der Waals surface area contributed by atoms with Crippen molar-refractivity contribution in [2.24, 2.45) is 4.99 Å². The van der Waals surface area contributed by atoms with Gasteiger partial charge in [0.05, 0.1) is 23.9 Å². The molecule has 0 saturated heterocycles. The van der Waals surface area contributed by atoms with Crippen molar-refractivity contribution >= 4 is 41.3 Å². The largest absolute Gasteiger partial charge is 0.377 e. The number of ether oxygens (including phenoxy) is 1. The van der Waals surface area contributed by atoms with Crippen LogP contribution in [-0.4, -0.2) is 31.1 Å². The number of halogens is 1. The summed E-state index contributed by atoms with van der Waals surface area (Å²) in [6, 6.07) is 10.3. The molecule has 0 saturated carbocycles.